The normalized spacial score (nSPS) is 10.9. The van der Waals surface area contributed by atoms with Crippen molar-refractivity contribution >= 4 is 30.5 Å². The van der Waals surface area contributed by atoms with Crippen molar-refractivity contribution in [2.24, 2.45) is 0 Å². The van der Waals surface area contributed by atoms with Crippen LogP contribution in [0.1, 0.15) is 39.5 Å². The number of carbonyl (C=O) groups excluding carboxylic acids is 2. The number of amides is 2. The second kappa shape index (κ2) is 13.4. The van der Waals surface area contributed by atoms with Gasteiger partial charge in [-0.15, -0.1) is 0 Å². The van der Waals surface area contributed by atoms with Gasteiger partial charge in [-0.2, -0.15) is 0 Å². The Kier molecular flexibility index (Phi) is 10.6. The molecule has 2 amide bonds. The largest absolute Gasteiger partial charge is 0.472 e. The van der Waals surface area contributed by atoms with E-state index in [0.717, 1.165) is 0 Å². The van der Waals surface area contributed by atoms with E-state index in [9.17, 15) is 9.59 Å². The van der Waals surface area contributed by atoms with Crippen LogP contribution in [-0.2, 0) is 4.79 Å². The van der Waals surface area contributed by atoms with Gasteiger partial charge in [0, 0.05) is 10.6 Å². The van der Waals surface area contributed by atoms with Crippen molar-refractivity contribution in [3.05, 3.63) is 106 Å². The molecule has 3 rings (SSSR count). The van der Waals surface area contributed by atoms with Gasteiger partial charge in [0.05, 0.1) is 18.9 Å². The molecule has 1 atom stereocenters. The maximum atomic E-state index is 12.4. The fourth-order valence-corrected chi connectivity index (χ4v) is 3.10. The summed E-state index contributed by atoms with van der Waals surface area (Å²) in [4.78, 5) is 24.4. The average Bonchev–Trinajstić information content (AvgIpc) is 2.80. The zero-order valence-corrected chi connectivity index (χ0v) is 19.4. The molecule has 0 heterocycles. The maximum Gasteiger partial charge on any atom is 0.472 e. The highest BCUT2D eigenvalue weighted by Crippen LogP contribution is 2.21. The van der Waals surface area contributed by atoms with E-state index >= 15 is 0 Å². The fraction of sp³-hybridized carbons (Fsp3) is 0.200. The third kappa shape index (κ3) is 9.91. The topological polar surface area (TPSA) is 98.7 Å². The summed E-state index contributed by atoms with van der Waals surface area (Å²) in [5.74, 6) is -0.744. The van der Waals surface area contributed by atoms with Crippen molar-refractivity contribution in [2.45, 2.75) is 26.3 Å². The monoisotopic (exact) mass is 466 g/mol. The number of hydrogen-bond acceptors (Lipinski definition) is 4. The van der Waals surface area contributed by atoms with Crippen molar-refractivity contribution in [1.29, 1.82) is 0 Å². The molecule has 8 heteroatoms. The number of nitrogens with one attached hydrogen (secondary N) is 2. The molecule has 6 nitrogen and oxygen atoms in total. The summed E-state index contributed by atoms with van der Waals surface area (Å²) in [6, 6.07) is 23.4. The average molecular weight is 467 g/mol. The number of carbonyl (C=O) groups is 2. The third-order valence-corrected chi connectivity index (χ3v) is 4.92. The number of hydrogen-bond donors (Lipinski definition) is 4. The van der Waals surface area contributed by atoms with E-state index in [1.54, 1.807) is 54.6 Å². The molecule has 0 aliphatic carbocycles. The van der Waals surface area contributed by atoms with Crippen LogP contribution in [0.25, 0.3) is 0 Å². The molecule has 0 fully saturated rings. The second-order valence-electron chi connectivity index (χ2n) is 7.59. The van der Waals surface area contributed by atoms with Crippen molar-refractivity contribution < 1.29 is 19.6 Å². The van der Waals surface area contributed by atoms with Crippen LogP contribution >= 0.6 is 11.6 Å². The van der Waals surface area contributed by atoms with Crippen LogP contribution in [0, 0.1) is 13.8 Å². The van der Waals surface area contributed by atoms with Gasteiger partial charge in [0.15, 0.2) is 0 Å². The molecule has 4 N–H and O–H groups in total. The van der Waals surface area contributed by atoms with Crippen LogP contribution in [0.4, 0.5) is 0 Å². The first kappa shape index (κ1) is 26.1. The predicted molar refractivity (Wildman–Crippen MR) is 132 cm³/mol. The highest BCUT2D eigenvalue weighted by atomic mass is 35.5. The van der Waals surface area contributed by atoms with Gasteiger partial charge in [-0.05, 0) is 43.7 Å². The molecule has 0 saturated carbocycles. The van der Waals surface area contributed by atoms with Crippen molar-refractivity contribution in [1.82, 2.24) is 10.6 Å². The SMILES string of the molecule is Cc1ccc(C)cc1.O=C(CC(NC(=O)c1ccccc1)c1cccc(Cl)c1)NCB(O)O. The summed E-state index contributed by atoms with van der Waals surface area (Å²) in [6.45, 7) is 4.19. The smallest absolute Gasteiger partial charge is 0.426 e. The number of halogens is 1. The summed E-state index contributed by atoms with van der Waals surface area (Å²) < 4.78 is 0. The van der Waals surface area contributed by atoms with Crippen LogP contribution in [-0.4, -0.2) is 35.4 Å². The molecule has 0 radical (unpaired) electrons. The van der Waals surface area contributed by atoms with Crippen molar-refractivity contribution in [3.8, 4) is 0 Å². The molecule has 0 aliphatic heterocycles. The van der Waals surface area contributed by atoms with Gasteiger partial charge in [-0.1, -0.05) is 77.3 Å². The number of rotatable bonds is 7. The van der Waals surface area contributed by atoms with E-state index in [1.165, 1.54) is 11.1 Å². The number of aryl methyl sites for hydroxylation is 2. The molecule has 0 aliphatic rings. The van der Waals surface area contributed by atoms with Crippen molar-refractivity contribution in [2.75, 3.05) is 6.44 Å². The Morgan fingerprint density at radius 1 is 0.909 bits per heavy atom. The van der Waals surface area contributed by atoms with Crippen LogP contribution in [0.5, 0.6) is 0 Å². The second-order valence-corrected chi connectivity index (χ2v) is 8.03. The predicted octanol–water partition coefficient (Wildman–Crippen LogP) is 3.63. The zero-order chi connectivity index (χ0) is 24.2. The Morgan fingerprint density at radius 2 is 1.52 bits per heavy atom. The molecule has 1 unspecified atom stereocenters. The summed E-state index contributed by atoms with van der Waals surface area (Å²) in [5.41, 5.74) is 3.81. The zero-order valence-electron chi connectivity index (χ0n) is 18.7. The quantitative estimate of drug-likeness (QED) is 0.400. The lowest BCUT2D eigenvalue weighted by molar-refractivity contribution is -0.121. The highest BCUT2D eigenvalue weighted by molar-refractivity contribution is 6.41. The molecule has 0 aromatic heterocycles. The first-order chi connectivity index (χ1) is 15.7. The molecule has 0 bridgehead atoms. The van der Waals surface area contributed by atoms with Gasteiger partial charge in [0.1, 0.15) is 0 Å². The van der Waals surface area contributed by atoms with Gasteiger partial charge >= 0.3 is 7.12 Å². The van der Waals surface area contributed by atoms with Gasteiger partial charge in [0.2, 0.25) is 5.91 Å². The van der Waals surface area contributed by atoms with Crippen LogP contribution in [0.15, 0.2) is 78.9 Å². The lowest BCUT2D eigenvalue weighted by Crippen LogP contribution is -2.38. The van der Waals surface area contributed by atoms with E-state index in [-0.39, 0.29) is 18.8 Å². The molecule has 3 aromatic rings. The summed E-state index contributed by atoms with van der Waals surface area (Å²) in [7, 11) is -1.63. The lowest BCUT2D eigenvalue weighted by Gasteiger charge is -2.19. The maximum absolute atomic E-state index is 12.4. The third-order valence-electron chi connectivity index (χ3n) is 4.68. The number of benzene rings is 3. The van der Waals surface area contributed by atoms with Gasteiger partial charge in [-0.3, -0.25) is 9.59 Å². The minimum Gasteiger partial charge on any atom is -0.426 e. The highest BCUT2D eigenvalue weighted by Gasteiger charge is 2.20. The van der Waals surface area contributed by atoms with Crippen LogP contribution in [0.2, 0.25) is 5.02 Å². The van der Waals surface area contributed by atoms with Gasteiger partial charge < -0.3 is 20.7 Å². The molecule has 172 valence electrons. The molecule has 3 aromatic carbocycles. The van der Waals surface area contributed by atoms with Crippen molar-refractivity contribution in [3.63, 3.8) is 0 Å². The lowest BCUT2D eigenvalue weighted by atomic mass is 9.92. The Bertz CT molecular complexity index is 1010. The summed E-state index contributed by atoms with van der Waals surface area (Å²) in [6.07, 6.45) is -0.348. The first-order valence-corrected chi connectivity index (χ1v) is 10.9. The molecule has 33 heavy (non-hydrogen) atoms. The van der Waals surface area contributed by atoms with E-state index in [1.807, 2.05) is 0 Å². The summed E-state index contributed by atoms with van der Waals surface area (Å²) in [5, 5.41) is 23.4. The first-order valence-electron chi connectivity index (χ1n) is 10.5. The van der Waals surface area contributed by atoms with E-state index in [0.29, 0.717) is 16.1 Å². The van der Waals surface area contributed by atoms with Crippen LogP contribution < -0.4 is 10.6 Å². The van der Waals surface area contributed by atoms with Gasteiger partial charge in [0.25, 0.3) is 5.91 Å². The Morgan fingerprint density at radius 3 is 2.06 bits per heavy atom. The molecule has 0 saturated heterocycles. The fourth-order valence-electron chi connectivity index (χ4n) is 2.91. The molecular weight excluding hydrogens is 439 g/mol. The van der Waals surface area contributed by atoms with E-state index in [2.05, 4.69) is 48.7 Å². The Balaban J connectivity index is 0.000000405. The standard InChI is InChI=1S/C17H18BClN2O4.C8H10/c19-14-8-4-7-13(9-14)15(10-16(22)20-11-18(24)25)21-17(23)12-5-2-1-3-6-12;1-7-3-5-8(2)6-4-7/h1-9,15,24-25H,10-11H2,(H,20,22)(H,21,23);3-6H,1-2H3. The summed E-state index contributed by atoms with van der Waals surface area (Å²) >= 11 is 6.00. The van der Waals surface area contributed by atoms with E-state index in [4.69, 9.17) is 21.6 Å². The van der Waals surface area contributed by atoms with Crippen LogP contribution in [0.3, 0.4) is 0 Å². The molecular formula is C25H28BClN2O4. The molecule has 0 spiro atoms. The Hall–Kier alpha value is -3.13. The van der Waals surface area contributed by atoms with E-state index < -0.39 is 19.1 Å². The Labute approximate surface area is 199 Å². The minimum atomic E-state index is -1.63. The minimum absolute atomic E-state index is 0.0639. The van der Waals surface area contributed by atoms with Gasteiger partial charge in [-0.25, -0.2) is 0 Å².